The number of nitrogens with zero attached hydrogens (tertiary/aromatic N) is 1. The molecule has 0 radical (unpaired) electrons. The zero-order valence-electron chi connectivity index (χ0n) is 15.4. The second-order valence-electron chi connectivity index (χ2n) is 6.90. The number of carboxylic acid groups (broad SMARTS) is 1. The lowest BCUT2D eigenvalue weighted by Gasteiger charge is -2.37. The molecular weight excluding hydrogens is 320 g/mol. The van der Waals surface area contributed by atoms with Crippen molar-refractivity contribution in [3.8, 4) is 5.75 Å². The Labute approximate surface area is 149 Å². The highest BCUT2D eigenvalue weighted by Crippen LogP contribution is 2.29. The van der Waals surface area contributed by atoms with Crippen LogP contribution in [0.25, 0.3) is 0 Å². The van der Waals surface area contributed by atoms with Crippen molar-refractivity contribution in [2.24, 2.45) is 5.92 Å². The molecule has 1 fully saturated rings. The summed E-state index contributed by atoms with van der Waals surface area (Å²) in [6.45, 7) is 5.13. The van der Waals surface area contributed by atoms with E-state index < -0.39 is 12.0 Å². The lowest BCUT2D eigenvalue weighted by atomic mass is 9.91. The van der Waals surface area contributed by atoms with Crippen molar-refractivity contribution in [3.63, 3.8) is 0 Å². The Morgan fingerprint density at radius 1 is 1.36 bits per heavy atom. The Kier molecular flexibility index (Phi) is 6.42. The quantitative estimate of drug-likeness (QED) is 0.824. The van der Waals surface area contributed by atoms with Gasteiger partial charge in [0.15, 0.2) is 0 Å². The lowest BCUT2D eigenvalue weighted by Crippen LogP contribution is -2.50. The van der Waals surface area contributed by atoms with E-state index in [1.54, 1.807) is 14.2 Å². The van der Waals surface area contributed by atoms with Crippen LogP contribution < -0.4 is 10.1 Å². The van der Waals surface area contributed by atoms with Crippen LogP contribution in [-0.4, -0.2) is 48.6 Å². The number of amides is 1. The molecule has 1 aromatic rings. The van der Waals surface area contributed by atoms with Gasteiger partial charge < -0.3 is 15.2 Å². The topological polar surface area (TPSA) is 78.9 Å². The fourth-order valence-corrected chi connectivity index (χ4v) is 3.42. The minimum absolute atomic E-state index is 0.0308. The van der Waals surface area contributed by atoms with Crippen LogP contribution in [0.5, 0.6) is 5.75 Å². The highest BCUT2D eigenvalue weighted by atomic mass is 16.5. The molecule has 1 saturated heterocycles. The van der Waals surface area contributed by atoms with E-state index in [9.17, 15) is 14.7 Å². The zero-order chi connectivity index (χ0) is 18.6. The predicted octanol–water partition coefficient (Wildman–Crippen LogP) is 2.23. The van der Waals surface area contributed by atoms with E-state index in [2.05, 4.69) is 25.2 Å². The Bertz CT molecular complexity index is 630. The summed E-state index contributed by atoms with van der Waals surface area (Å²) < 4.78 is 5.46. The van der Waals surface area contributed by atoms with Gasteiger partial charge in [0, 0.05) is 25.7 Å². The number of rotatable bonds is 6. The van der Waals surface area contributed by atoms with Crippen LogP contribution in [0.3, 0.4) is 0 Å². The van der Waals surface area contributed by atoms with Gasteiger partial charge in [-0.1, -0.05) is 26.0 Å². The molecule has 0 aromatic heterocycles. The maximum absolute atomic E-state index is 12.0. The van der Waals surface area contributed by atoms with Gasteiger partial charge in [0.05, 0.1) is 13.0 Å². The van der Waals surface area contributed by atoms with Gasteiger partial charge >= 0.3 is 5.97 Å². The van der Waals surface area contributed by atoms with Gasteiger partial charge in [-0.3, -0.25) is 14.5 Å². The van der Waals surface area contributed by atoms with Gasteiger partial charge in [-0.15, -0.1) is 0 Å². The molecular formula is C19H28N2O4. The van der Waals surface area contributed by atoms with Crippen molar-refractivity contribution in [2.75, 3.05) is 20.7 Å². The van der Waals surface area contributed by atoms with Gasteiger partial charge in [0.1, 0.15) is 11.8 Å². The average molecular weight is 348 g/mol. The molecule has 0 aliphatic carbocycles. The molecule has 0 unspecified atom stereocenters. The number of hydrogen-bond donors (Lipinski definition) is 2. The van der Waals surface area contributed by atoms with Crippen LogP contribution in [0.15, 0.2) is 18.2 Å². The Hall–Kier alpha value is -2.08. The maximum Gasteiger partial charge on any atom is 0.320 e. The Morgan fingerprint density at radius 3 is 2.64 bits per heavy atom. The summed E-state index contributed by atoms with van der Waals surface area (Å²) in [5.74, 6) is 0.0708. The van der Waals surface area contributed by atoms with Crippen molar-refractivity contribution >= 4 is 11.9 Å². The highest BCUT2D eigenvalue weighted by molar-refractivity contribution is 5.79. The molecule has 1 heterocycles. The van der Waals surface area contributed by atoms with Crippen LogP contribution in [0.2, 0.25) is 0 Å². The monoisotopic (exact) mass is 348 g/mol. The van der Waals surface area contributed by atoms with Crippen molar-refractivity contribution in [3.05, 3.63) is 29.3 Å². The molecule has 25 heavy (non-hydrogen) atoms. The summed E-state index contributed by atoms with van der Waals surface area (Å²) in [5, 5.41) is 12.2. The van der Waals surface area contributed by atoms with E-state index in [1.165, 1.54) is 5.56 Å². The highest BCUT2D eigenvalue weighted by Gasteiger charge is 2.35. The first kappa shape index (κ1) is 19.2. The fraction of sp³-hybridized carbons (Fsp3) is 0.579. The molecule has 1 aromatic carbocycles. The SMILES string of the molecule is CNC(=O)[C@H]1CC[C@@H](C(=O)O)N(Cc2cc(C(C)C)ccc2OC)C1. The minimum Gasteiger partial charge on any atom is -0.496 e. The first-order valence-corrected chi connectivity index (χ1v) is 8.72. The number of ether oxygens (including phenoxy) is 1. The molecule has 0 spiro atoms. The summed E-state index contributed by atoms with van der Waals surface area (Å²) >= 11 is 0. The molecule has 6 heteroatoms. The van der Waals surface area contributed by atoms with Crippen molar-refractivity contribution < 1.29 is 19.4 Å². The number of hydrogen-bond acceptors (Lipinski definition) is 4. The number of likely N-dealkylation sites (tertiary alicyclic amines) is 1. The molecule has 0 saturated carbocycles. The third-order valence-corrected chi connectivity index (χ3v) is 4.93. The fourth-order valence-electron chi connectivity index (χ4n) is 3.42. The molecule has 138 valence electrons. The minimum atomic E-state index is -0.839. The zero-order valence-corrected chi connectivity index (χ0v) is 15.4. The Balaban J connectivity index is 2.28. The van der Waals surface area contributed by atoms with E-state index in [1.807, 2.05) is 17.0 Å². The summed E-state index contributed by atoms with van der Waals surface area (Å²) in [6, 6.07) is 5.46. The molecule has 0 bridgehead atoms. The van der Waals surface area contributed by atoms with E-state index in [0.29, 0.717) is 31.8 Å². The number of piperidine rings is 1. The number of benzene rings is 1. The number of carboxylic acids is 1. The molecule has 1 aliphatic rings. The largest absolute Gasteiger partial charge is 0.496 e. The van der Waals surface area contributed by atoms with Crippen LogP contribution in [-0.2, 0) is 16.1 Å². The first-order valence-electron chi connectivity index (χ1n) is 8.72. The standard InChI is InChI=1S/C19H28N2O4/c1-12(2)13-6-8-17(25-4)15(9-13)11-21-10-14(18(22)20-3)5-7-16(21)19(23)24/h6,8-9,12,14,16H,5,7,10-11H2,1-4H3,(H,20,22)(H,23,24)/t14-,16-/m0/s1. The third-order valence-electron chi connectivity index (χ3n) is 4.93. The summed E-state index contributed by atoms with van der Waals surface area (Å²) in [6.07, 6.45) is 1.07. The van der Waals surface area contributed by atoms with Crippen molar-refractivity contribution in [2.45, 2.75) is 45.2 Å². The van der Waals surface area contributed by atoms with Crippen LogP contribution >= 0.6 is 0 Å². The van der Waals surface area contributed by atoms with Gasteiger partial charge in [-0.2, -0.15) is 0 Å². The van der Waals surface area contributed by atoms with Gasteiger partial charge in [0.2, 0.25) is 5.91 Å². The number of nitrogens with one attached hydrogen (secondary N) is 1. The van der Waals surface area contributed by atoms with Gasteiger partial charge in [-0.25, -0.2) is 0 Å². The van der Waals surface area contributed by atoms with Crippen LogP contribution in [0.1, 0.15) is 43.7 Å². The van der Waals surface area contributed by atoms with E-state index in [0.717, 1.165) is 11.3 Å². The normalized spacial score (nSPS) is 21.2. The number of carbonyl (C=O) groups is 2. The summed E-state index contributed by atoms with van der Waals surface area (Å²) in [5.41, 5.74) is 2.14. The number of methoxy groups -OCH3 is 1. The van der Waals surface area contributed by atoms with Crippen molar-refractivity contribution in [1.29, 1.82) is 0 Å². The van der Waals surface area contributed by atoms with E-state index in [4.69, 9.17) is 4.74 Å². The predicted molar refractivity (Wildman–Crippen MR) is 95.7 cm³/mol. The summed E-state index contributed by atoms with van der Waals surface area (Å²) in [4.78, 5) is 25.5. The van der Waals surface area contributed by atoms with Gasteiger partial charge in [0.25, 0.3) is 0 Å². The molecule has 2 N–H and O–H groups in total. The van der Waals surface area contributed by atoms with Crippen molar-refractivity contribution in [1.82, 2.24) is 10.2 Å². The molecule has 2 atom stereocenters. The smallest absolute Gasteiger partial charge is 0.320 e. The van der Waals surface area contributed by atoms with Gasteiger partial charge in [-0.05, 0) is 30.4 Å². The molecule has 1 aliphatic heterocycles. The van der Waals surface area contributed by atoms with Crippen LogP contribution in [0, 0.1) is 5.92 Å². The maximum atomic E-state index is 12.0. The Morgan fingerprint density at radius 2 is 2.08 bits per heavy atom. The number of aliphatic carboxylic acids is 1. The second kappa shape index (κ2) is 8.34. The third kappa shape index (κ3) is 4.51. The lowest BCUT2D eigenvalue weighted by molar-refractivity contribution is -0.147. The molecule has 1 amide bonds. The summed E-state index contributed by atoms with van der Waals surface area (Å²) in [7, 11) is 3.23. The van der Waals surface area contributed by atoms with E-state index >= 15 is 0 Å². The van der Waals surface area contributed by atoms with Crippen LogP contribution in [0.4, 0.5) is 0 Å². The molecule has 6 nitrogen and oxygen atoms in total. The van der Waals surface area contributed by atoms with E-state index in [-0.39, 0.29) is 11.8 Å². The second-order valence-corrected chi connectivity index (χ2v) is 6.90. The molecule has 2 rings (SSSR count). The average Bonchev–Trinajstić information content (AvgIpc) is 2.60. The first-order chi connectivity index (χ1) is 11.9. The number of carbonyl (C=O) groups excluding carboxylic acids is 1.